The quantitative estimate of drug-likeness (QED) is 0.554. The van der Waals surface area contributed by atoms with Crippen molar-refractivity contribution in [3.8, 4) is 0 Å². The SMILES string of the molecule is C=C(C)COC(=O)C1CCCCC1C(=O)OCC(=C)C. The summed E-state index contributed by atoms with van der Waals surface area (Å²) in [5.74, 6) is -1.41. The van der Waals surface area contributed by atoms with Crippen molar-refractivity contribution in [2.75, 3.05) is 13.2 Å². The molecule has 2 unspecified atom stereocenters. The van der Waals surface area contributed by atoms with Crippen LogP contribution in [0.5, 0.6) is 0 Å². The van der Waals surface area contributed by atoms with E-state index in [-0.39, 0.29) is 37.0 Å². The van der Waals surface area contributed by atoms with Gasteiger partial charge in [-0.3, -0.25) is 9.59 Å². The molecule has 2 atom stereocenters. The highest BCUT2D eigenvalue weighted by molar-refractivity contribution is 5.82. The number of carbonyl (C=O) groups excluding carboxylic acids is 2. The first-order valence-corrected chi connectivity index (χ1v) is 7.04. The maximum Gasteiger partial charge on any atom is 0.310 e. The molecule has 0 heterocycles. The van der Waals surface area contributed by atoms with Gasteiger partial charge in [-0.1, -0.05) is 26.0 Å². The topological polar surface area (TPSA) is 52.6 Å². The second kappa shape index (κ2) is 7.88. The molecular weight excluding hydrogens is 256 g/mol. The zero-order valence-corrected chi connectivity index (χ0v) is 12.4. The van der Waals surface area contributed by atoms with Gasteiger partial charge in [0.25, 0.3) is 0 Å². The van der Waals surface area contributed by atoms with Crippen molar-refractivity contribution >= 4 is 11.9 Å². The van der Waals surface area contributed by atoms with E-state index in [1.54, 1.807) is 13.8 Å². The summed E-state index contributed by atoms with van der Waals surface area (Å²) < 4.78 is 10.4. The van der Waals surface area contributed by atoms with Gasteiger partial charge in [0, 0.05) is 0 Å². The zero-order valence-electron chi connectivity index (χ0n) is 12.4. The third kappa shape index (κ3) is 5.19. The normalized spacial score (nSPS) is 21.9. The van der Waals surface area contributed by atoms with Crippen molar-refractivity contribution in [1.29, 1.82) is 0 Å². The van der Waals surface area contributed by atoms with Crippen LogP contribution in [-0.2, 0) is 19.1 Å². The molecule has 0 aliphatic heterocycles. The average Bonchev–Trinajstić information content (AvgIpc) is 2.42. The Hall–Kier alpha value is -1.58. The molecule has 0 aromatic heterocycles. The van der Waals surface area contributed by atoms with E-state index in [0.29, 0.717) is 12.8 Å². The zero-order chi connectivity index (χ0) is 15.1. The van der Waals surface area contributed by atoms with Gasteiger partial charge in [-0.05, 0) is 37.8 Å². The van der Waals surface area contributed by atoms with E-state index in [1.807, 2.05) is 0 Å². The van der Waals surface area contributed by atoms with Crippen LogP contribution in [-0.4, -0.2) is 25.2 Å². The minimum absolute atomic E-state index is 0.211. The maximum absolute atomic E-state index is 12.1. The maximum atomic E-state index is 12.1. The molecule has 0 amide bonds. The number of hydrogen-bond acceptors (Lipinski definition) is 4. The summed E-state index contributed by atoms with van der Waals surface area (Å²) in [5, 5.41) is 0. The summed E-state index contributed by atoms with van der Waals surface area (Å²) in [7, 11) is 0. The average molecular weight is 280 g/mol. The molecule has 1 aliphatic rings. The van der Waals surface area contributed by atoms with Crippen molar-refractivity contribution < 1.29 is 19.1 Å². The lowest BCUT2D eigenvalue weighted by atomic mass is 9.79. The van der Waals surface area contributed by atoms with Gasteiger partial charge in [-0.15, -0.1) is 0 Å². The number of esters is 2. The Morgan fingerprint density at radius 1 is 0.900 bits per heavy atom. The highest BCUT2D eigenvalue weighted by Crippen LogP contribution is 2.32. The number of rotatable bonds is 6. The Morgan fingerprint density at radius 3 is 1.55 bits per heavy atom. The molecule has 1 saturated carbocycles. The van der Waals surface area contributed by atoms with Gasteiger partial charge in [-0.25, -0.2) is 0 Å². The van der Waals surface area contributed by atoms with E-state index in [2.05, 4.69) is 13.2 Å². The fourth-order valence-corrected chi connectivity index (χ4v) is 2.30. The standard InChI is InChI=1S/C16H24O4/c1-11(2)9-19-15(17)13-7-5-6-8-14(13)16(18)20-10-12(3)4/h13-14H,1,3,5-10H2,2,4H3. The third-order valence-electron chi connectivity index (χ3n) is 3.29. The Morgan fingerprint density at radius 2 is 1.25 bits per heavy atom. The largest absolute Gasteiger partial charge is 0.461 e. The van der Waals surface area contributed by atoms with Gasteiger partial charge in [-0.2, -0.15) is 0 Å². The molecule has 0 aromatic rings. The van der Waals surface area contributed by atoms with E-state index in [4.69, 9.17) is 9.47 Å². The molecule has 0 aromatic carbocycles. The van der Waals surface area contributed by atoms with Gasteiger partial charge in [0.05, 0.1) is 11.8 Å². The van der Waals surface area contributed by atoms with Gasteiger partial charge < -0.3 is 9.47 Å². The molecule has 0 saturated heterocycles. The molecule has 1 fully saturated rings. The van der Waals surface area contributed by atoms with Crippen LogP contribution >= 0.6 is 0 Å². The van der Waals surface area contributed by atoms with Crippen molar-refractivity contribution in [2.24, 2.45) is 11.8 Å². The van der Waals surface area contributed by atoms with Crippen LogP contribution < -0.4 is 0 Å². The molecule has 20 heavy (non-hydrogen) atoms. The highest BCUT2D eigenvalue weighted by Gasteiger charge is 2.37. The van der Waals surface area contributed by atoms with Crippen LogP contribution in [0.3, 0.4) is 0 Å². The molecular formula is C16H24O4. The summed E-state index contributed by atoms with van der Waals surface area (Å²) in [5.41, 5.74) is 1.58. The van der Waals surface area contributed by atoms with Crippen molar-refractivity contribution in [3.05, 3.63) is 24.3 Å². The summed E-state index contributed by atoms with van der Waals surface area (Å²) in [6.45, 7) is 11.4. The molecule has 0 spiro atoms. The van der Waals surface area contributed by atoms with E-state index in [0.717, 1.165) is 24.0 Å². The lowest BCUT2D eigenvalue weighted by Crippen LogP contribution is -2.35. The van der Waals surface area contributed by atoms with E-state index in [9.17, 15) is 9.59 Å². The van der Waals surface area contributed by atoms with Gasteiger partial charge in [0.2, 0.25) is 0 Å². The minimum Gasteiger partial charge on any atom is -0.461 e. The number of ether oxygens (including phenoxy) is 2. The van der Waals surface area contributed by atoms with Gasteiger partial charge in [0.15, 0.2) is 0 Å². The fourth-order valence-electron chi connectivity index (χ4n) is 2.30. The fraction of sp³-hybridized carbons (Fsp3) is 0.625. The molecule has 4 nitrogen and oxygen atoms in total. The lowest BCUT2D eigenvalue weighted by Gasteiger charge is -2.28. The minimum atomic E-state index is -0.388. The Labute approximate surface area is 120 Å². The van der Waals surface area contributed by atoms with Crippen LogP contribution in [0.4, 0.5) is 0 Å². The molecule has 0 N–H and O–H groups in total. The molecule has 1 rings (SSSR count). The predicted molar refractivity (Wildman–Crippen MR) is 77.0 cm³/mol. The second-order valence-electron chi connectivity index (χ2n) is 5.63. The second-order valence-corrected chi connectivity index (χ2v) is 5.63. The van der Waals surface area contributed by atoms with Crippen LogP contribution in [0.15, 0.2) is 24.3 Å². The van der Waals surface area contributed by atoms with Crippen molar-refractivity contribution in [3.63, 3.8) is 0 Å². The molecule has 1 aliphatic carbocycles. The summed E-state index contributed by atoms with van der Waals surface area (Å²) in [4.78, 5) is 24.1. The van der Waals surface area contributed by atoms with E-state index < -0.39 is 0 Å². The monoisotopic (exact) mass is 280 g/mol. The first-order valence-electron chi connectivity index (χ1n) is 7.04. The van der Waals surface area contributed by atoms with Gasteiger partial charge in [0.1, 0.15) is 13.2 Å². The molecule has 0 bridgehead atoms. The summed E-state index contributed by atoms with van der Waals surface area (Å²) in [6.07, 6.45) is 3.25. The van der Waals surface area contributed by atoms with Crippen LogP contribution in [0, 0.1) is 11.8 Å². The number of carbonyl (C=O) groups is 2. The highest BCUT2D eigenvalue weighted by atomic mass is 16.5. The van der Waals surface area contributed by atoms with Crippen LogP contribution in [0.25, 0.3) is 0 Å². The van der Waals surface area contributed by atoms with Crippen molar-refractivity contribution in [1.82, 2.24) is 0 Å². The van der Waals surface area contributed by atoms with Crippen LogP contribution in [0.2, 0.25) is 0 Å². The van der Waals surface area contributed by atoms with Gasteiger partial charge >= 0.3 is 11.9 Å². The Kier molecular flexibility index (Phi) is 6.49. The summed E-state index contributed by atoms with van der Waals surface area (Å²) >= 11 is 0. The molecule has 0 radical (unpaired) electrons. The lowest BCUT2D eigenvalue weighted by molar-refractivity contribution is -0.161. The van der Waals surface area contributed by atoms with Crippen molar-refractivity contribution in [2.45, 2.75) is 39.5 Å². The third-order valence-corrected chi connectivity index (χ3v) is 3.29. The number of hydrogen-bond donors (Lipinski definition) is 0. The Bertz CT molecular complexity index is 359. The molecule has 4 heteroatoms. The smallest absolute Gasteiger partial charge is 0.310 e. The van der Waals surface area contributed by atoms with Crippen LogP contribution in [0.1, 0.15) is 39.5 Å². The first-order chi connectivity index (χ1) is 9.41. The predicted octanol–water partition coefficient (Wildman–Crippen LogP) is 3.03. The Balaban J connectivity index is 2.61. The summed E-state index contributed by atoms with van der Waals surface area (Å²) in [6, 6.07) is 0. The van der Waals surface area contributed by atoms with E-state index in [1.165, 1.54) is 0 Å². The molecule has 112 valence electrons. The first kappa shape index (κ1) is 16.5. The van der Waals surface area contributed by atoms with E-state index >= 15 is 0 Å².